The van der Waals surface area contributed by atoms with E-state index >= 15 is 0 Å². The minimum absolute atomic E-state index is 0.726. The average molecular weight is 175 g/mol. The van der Waals surface area contributed by atoms with E-state index in [2.05, 4.69) is 15.6 Å². The zero-order valence-corrected chi connectivity index (χ0v) is 7.48. The van der Waals surface area contributed by atoms with E-state index in [-0.39, 0.29) is 0 Å². The number of pyridine rings is 1. The van der Waals surface area contributed by atoms with Crippen molar-refractivity contribution in [3.63, 3.8) is 0 Å². The molecule has 0 atom stereocenters. The monoisotopic (exact) mass is 175 g/mol. The maximum Gasteiger partial charge on any atom is 0.139 e. The van der Waals surface area contributed by atoms with Crippen molar-refractivity contribution < 1.29 is 0 Å². The van der Waals surface area contributed by atoms with Crippen LogP contribution in [-0.2, 0) is 6.54 Å². The lowest BCUT2D eigenvalue weighted by molar-refractivity contribution is 0.646. The second kappa shape index (κ2) is 3.58. The SMILES string of the molecule is NCCCn1cccc2ccnc1-2. The Balaban J connectivity index is 2.30. The highest BCUT2D eigenvalue weighted by Gasteiger charge is 2.05. The molecule has 2 N–H and O–H groups in total. The molecule has 2 aliphatic rings. The van der Waals surface area contributed by atoms with Gasteiger partial charge < -0.3 is 10.3 Å². The largest absolute Gasteiger partial charge is 0.332 e. The zero-order chi connectivity index (χ0) is 9.10. The smallest absolute Gasteiger partial charge is 0.139 e. The highest BCUT2D eigenvalue weighted by Crippen LogP contribution is 2.18. The molecule has 2 rings (SSSR count). The van der Waals surface area contributed by atoms with Crippen molar-refractivity contribution >= 4 is 0 Å². The molecule has 0 saturated carbocycles. The van der Waals surface area contributed by atoms with Gasteiger partial charge in [0.15, 0.2) is 0 Å². The van der Waals surface area contributed by atoms with Gasteiger partial charge in [-0.25, -0.2) is 4.98 Å². The van der Waals surface area contributed by atoms with Gasteiger partial charge >= 0.3 is 0 Å². The van der Waals surface area contributed by atoms with Gasteiger partial charge in [-0.15, -0.1) is 0 Å². The number of nitrogens with two attached hydrogens (primary N) is 1. The molecule has 13 heavy (non-hydrogen) atoms. The summed E-state index contributed by atoms with van der Waals surface area (Å²) in [5, 5.41) is 0. The van der Waals surface area contributed by atoms with E-state index in [4.69, 9.17) is 5.73 Å². The first-order chi connectivity index (χ1) is 6.42. The fraction of sp³-hybridized carbons (Fsp3) is 0.300. The first-order valence-corrected chi connectivity index (χ1v) is 4.52. The summed E-state index contributed by atoms with van der Waals surface area (Å²) in [5.41, 5.74) is 6.66. The molecule has 3 heteroatoms. The van der Waals surface area contributed by atoms with Crippen molar-refractivity contribution in [3.8, 4) is 11.4 Å². The summed E-state index contributed by atoms with van der Waals surface area (Å²) >= 11 is 0. The Kier molecular flexibility index (Phi) is 2.27. The molecule has 2 heterocycles. The molecule has 0 bridgehead atoms. The molecule has 0 aromatic carbocycles. The summed E-state index contributed by atoms with van der Waals surface area (Å²) in [6.07, 6.45) is 4.88. The number of hydrogen-bond acceptors (Lipinski definition) is 2. The van der Waals surface area contributed by atoms with Gasteiger partial charge in [-0.05, 0) is 31.2 Å². The van der Waals surface area contributed by atoms with E-state index in [1.54, 1.807) is 0 Å². The molecule has 3 nitrogen and oxygen atoms in total. The predicted molar refractivity (Wildman–Crippen MR) is 52.5 cm³/mol. The number of aromatic nitrogens is 2. The van der Waals surface area contributed by atoms with Crippen molar-refractivity contribution in [1.29, 1.82) is 0 Å². The number of rotatable bonds is 3. The Hall–Kier alpha value is -1.35. The molecule has 0 spiro atoms. The minimum Gasteiger partial charge on any atom is -0.332 e. The normalized spacial score (nSPS) is 10.8. The van der Waals surface area contributed by atoms with Crippen LogP contribution in [0.4, 0.5) is 0 Å². The fourth-order valence-corrected chi connectivity index (χ4v) is 1.47. The van der Waals surface area contributed by atoms with Gasteiger partial charge in [0.25, 0.3) is 0 Å². The molecule has 2 aliphatic heterocycles. The summed E-state index contributed by atoms with van der Waals surface area (Å²) < 4.78 is 2.14. The van der Waals surface area contributed by atoms with Crippen molar-refractivity contribution in [1.82, 2.24) is 9.55 Å². The standard InChI is InChI=1S/C10H13N3/c11-5-2-8-13-7-1-3-9-4-6-12-10(9)13/h1,3-4,6-7H,2,5,8,11H2. The molecule has 0 amide bonds. The van der Waals surface area contributed by atoms with Crippen LogP contribution in [0.3, 0.4) is 0 Å². The Morgan fingerprint density at radius 2 is 2.31 bits per heavy atom. The van der Waals surface area contributed by atoms with Crippen LogP contribution in [0, 0.1) is 0 Å². The van der Waals surface area contributed by atoms with Gasteiger partial charge in [0.2, 0.25) is 0 Å². The van der Waals surface area contributed by atoms with Crippen molar-refractivity contribution in [2.24, 2.45) is 5.73 Å². The van der Waals surface area contributed by atoms with Crippen LogP contribution in [-0.4, -0.2) is 16.1 Å². The number of fused-ring (bicyclic) bond motifs is 1. The Labute approximate surface area is 77.5 Å². The Bertz CT molecular complexity index is 353. The maximum atomic E-state index is 5.46. The maximum absolute atomic E-state index is 5.46. The molecular formula is C10H13N3. The summed E-state index contributed by atoms with van der Waals surface area (Å²) in [6, 6.07) is 6.14. The van der Waals surface area contributed by atoms with Crippen molar-refractivity contribution in [2.75, 3.05) is 6.54 Å². The second-order valence-corrected chi connectivity index (χ2v) is 3.07. The highest BCUT2D eigenvalue weighted by atomic mass is 15.0. The van der Waals surface area contributed by atoms with Crippen LogP contribution in [0.1, 0.15) is 6.42 Å². The summed E-state index contributed by atoms with van der Waals surface area (Å²) in [4.78, 5) is 4.29. The Morgan fingerprint density at radius 1 is 1.38 bits per heavy atom. The van der Waals surface area contributed by atoms with E-state index in [9.17, 15) is 0 Å². The first kappa shape index (κ1) is 8.26. The van der Waals surface area contributed by atoms with E-state index in [0.717, 1.165) is 25.3 Å². The molecule has 0 unspecified atom stereocenters. The van der Waals surface area contributed by atoms with Crippen molar-refractivity contribution in [3.05, 3.63) is 30.6 Å². The van der Waals surface area contributed by atoms with Gasteiger partial charge in [0, 0.05) is 24.5 Å². The highest BCUT2D eigenvalue weighted by molar-refractivity contribution is 5.56. The summed E-state index contributed by atoms with van der Waals surface area (Å²) in [6.45, 7) is 1.68. The van der Waals surface area contributed by atoms with Gasteiger partial charge in [-0.1, -0.05) is 0 Å². The van der Waals surface area contributed by atoms with E-state index in [1.807, 2.05) is 24.5 Å². The molecule has 0 radical (unpaired) electrons. The molecule has 68 valence electrons. The van der Waals surface area contributed by atoms with Gasteiger partial charge in [-0.2, -0.15) is 0 Å². The van der Waals surface area contributed by atoms with Crippen LogP contribution in [0.2, 0.25) is 0 Å². The third kappa shape index (κ3) is 1.55. The van der Waals surface area contributed by atoms with E-state index in [0.29, 0.717) is 0 Å². The molecule has 0 aliphatic carbocycles. The van der Waals surface area contributed by atoms with Crippen LogP contribution < -0.4 is 5.73 Å². The molecule has 0 saturated heterocycles. The minimum atomic E-state index is 0.726. The number of aryl methyl sites for hydroxylation is 1. The predicted octanol–water partition coefficient (Wildman–Crippen LogP) is 1.34. The van der Waals surface area contributed by atoms with E-state index < -0.39 is 0 Å². The summed E-state index contributed by atoms with van der Waals surface area (Å²) in [5.74, 6) is 1.05. The topological polar surface area (TPSA) is 43.8 Å². The van der Waals surface area contributed by atoms with Crippen LogP contribution >= 0.6 is 0 Å². The van der Waals surface area contributed by atoms with Gasteiger partial charge in [0.05, 0.1) is 0 Å². The zero-order valence-electron chi connectivity index (χ0n) is 7.48. The van der Waals surface area contributed by atoms with Gasteiger partial charge in [0.1, 0.15) is 5.82 Å². The first-order valence-electron chi connectivity index (χ1n) is 4.52. The quantitative estimate of drug-likeness (QED) is 0.765. The summed E-state index contributed by atoms with van der Waals surface area (Å²) in [7, 11) is 0. The molecule has 0 aromatic heterocycles. The lowest BCUT2D eigenvalue weighted by Gasteiger charge is -2.09. The van der Waals surface area contributed by atoms with Crippen LogP contribution in [0.15, 0.2) is 30.6 Å². The lowest BCUT2D eigenvalue weighted by atomic mass is 10.2. The van der Waals surface area contributed by atoms with Crippen molar-refractivity contribution in [2.45, 2.75) is 13.0 Å². The molecule has 0 aromatic rings. The second-order valence-electron chi connectivity index (χ2n) is 3.07. The molecular weight excluding hydrogens is 162 g/mol. The van der Waals surface area contributed by atoms with Gasteiger partial charge in [-0.3, -0.25) is 0 Å². The third-order valence-electron chi connectivity index (χ3n) is 2.13. The third-order valence-corrected chi connectivity index (χ3v) is 2.13. The fourth-order valence-electron chi connectivity index (χ4n) is 1.47. The number of nitrogens with zero attached hydrogens (tertiary/aromatic N) is 2. The van der Waals surface area contributed by atoms with Crippen LogP contribution in [0.5, 0.6) is 0 Å². The molecule has 0 fully saturated rings. The van der Waals surface area contributed by atoms with E-state index in [1.165, 1.54) is 5.56 Å². The van der Waals surface area contributed by atoms with Crippen LogP contribution in [0.25, 0.3) is 11.4 Å². The Morgan fingerprint density at radius 3 is 3.15 bits per heavy atom. The lowest BCUT2D eigenvalue weighted by Crippen LogP contribution is -2.08. The number of hydrogen-bond donors (Lipinski definition) is 1. The average Bonchev–Trinajstić information content (AvgIpc) is 2.62.